The van der Waals surface area contributed by atoms with E-state index in [1.54, 1.807) is 23.9 Å². The van der Waals surface area contributed by atoms with Gasteiger partial charge in [0, 0.05) is 15.5 Å². The molecule has 1 aliphatic heterocycles. The monoisotopic (exact) mass is 474 g/mol. The van der Waals surface area contributed by atoms with Crippen molar-refractivity contribution in [2.24, 2.45) is 0 Å². The molecule has 1 fully saturated rings. The second kappa shape index (κ2) is 10.1. The first-order chi connectivity index (χ1) is 15.9. The third-order valence-corrected chi connectivity index (χ3v) is 6.95. The molecular formula is C26H22N2O3S2. The summed E-state index contributed by atoms with van der Waals surface area (Å²) >= 11 is 2.51. The van der Waals surface area contributed by atoms with Gasteiger partial charge in [0.2, 0.25) is 5.91 Å². The van der Waals surface area contributed by atoms with E-state index in [1.807, 2.05) is 49.4 Å². The van der Waals surface area contributed by atoms with Gasteiger partial charge in [0.15, 0.2) is 0 Å². The van der Waals surface area contributed by atoms with E-state index in [0.29, 0.717) is 10.6 Å². The minimum Gasteiger partial charge on any atom is -0.324 e. The number of thioether (sulfide) groups is 1. The summed E-state index contributed by atoms with van der Waals surface area (Å²) in [7, 11) is 0. The first-order valence-electron chi connectivity index (χ1n) is 10.3. The number of hydrogen-bond acceptors (Lipinski definition) is 5. The number of anilines is 1. The maximum absolute atomic E-state index is 12.7. The highest BCUT2D eigenvalue weighted by atomic mass is 32.2. The van der Waals surface area contributed by atoms with Crippen molar-refractivity contribution in [1.82, 2.24) is 4.90 Å². The molecule has 1 aliphatic rings. The van der Waals surface area contributed by atoms with Gasteiger partial charge in [-0.1, -0.05) is 59.8 Å². The predicted octanol–water partition coefficient (Wildman–Crippen LogP) is 6.13. The molecule has 0 radical (unpaired) electrons. The molecule has 3 amide bonds. The summed E-state index contributed by atoms with van der Waals surface area (Å²) in [6.07, 6.45) is 1.68. The van der Waals surface area contributed by atoms with Crippen molar-refractivity contribution < 1.29 is 14.4 Å². The van der Waals surface area contributed by atoms with Crippen LogP contribution >= 0.6 is 23.5 Å². The van der Waals surface area contributed by atoms with E-state index in [-0.39, 0.29) is 6.54 Å². The maximum atomic E-state index is 12.7. The molecule has 4 rings (SSSR count). The fraction of sp³-hybridized carbons (Fsp3) is 0.115. The molecule has 3 aromatic rings. The first-order valence-corrected chi connectivity index (χ1v) is 12.0. The molecule has 0 unspecified atom stereocenters. The number of nitrogens with zero attached hydrogens (tertiary/aromatic N) is 1. The lowest BCUT2D eigenvalue weighted by Crippen LogP contribution is -2.36. The lowest BCUT2D eigenvalue weighted by atomic mass is 10.2. The summed E-state index contributed by atoms with van der Waals surface area (Å²) in [4.78, 5) is 41.0. The van der Waals surface area contributed by atoms with Gasteiger partial charge < -0.3 is 5.32 Å². The number of hydrogen-bond donors (Lipinski definition) is 1. The van der Waals surface area contributed by atoms with Gasteiger partial charge in [0.1, 0.15) is 6.54 Å². The largest absolute Gasteiger partial charge is 0.324 e. The van der Waals surface area contributed by atoms with Crippen molar-refractivity contribution in [2.45, 2.75) is 23.6 Å². The SMILES string of the molecule is Cc1ccc(Sc2ccc(/C=C3\SC(=O)N(CC(=O)Nc4ccccc4C)C3=O)cc2)cc1. The summed E-state index contributed by atoms with van der Waals surface area (Å²) in [5.74, 6) is -0.867. The molecule has 7 heteroatoms. The van der Waals surface area contributed by atoms with Crippen molar-refractivity contribution in [3.63, 3.8) is 0 Å². The summed E-state index contributed by atoms with van der Waals surface area (Å²) in [5, 5.41) is 2.31. The fourth-order valence-electron chi connectivity index (χ4n) is 3.21. The summed E-state index contributed by atoms with van der Waals surface area (Å²) < 4.78 is 0. The zero-order valence-corrected chi connectivity index (χ0v) is 19.8. The van der Waals surface area contributed by atoms with Gasteiger partial charge in [-0.3, -0.25) is 19.3 Å². The van der Waals surface area contributed by atoms with Crippen LogP contribution in [-0.4, -0.2) is 28.5 Å². The van der Waals surface area contributed by atoms with Crippen LogP contribution in [0.2, 0.25) is 0 Å². The van der Waals surface area contributed by atoms with E-state index in [2.05, 4.69) is 36.5 Å². The Balaban J connectivity index is 1.40. The van der Waals surface area contributed by atoms with Crippen LogP contribution in [0.1, 0.15) is 16.7 Å². The molecule has 0 atom stereocenters. The average Bonchev–Trinajstić information content (AvgIpc) is 3.05. The van der Waals surface area contributed by atoms with Crippen molar-refractivity contribution in [1.29, 1.82) is 0 Å². The van der Waals surface area contributed by atoms with Gasteiger partial charge in [-0.05, 0) is 73.1 Å². The molecule has 1 saturated heterocycles. The van der Waals surface area contributed by atoms with Crippen LogP contribution in [0.4, 0.5) is 10.5 Å². The normalized spacial score (nSPS) is 14.7. The number of imide groups is 1. The highest BCUT2D eigenvalue weighted by molar-refractivity contribution is 8.18. The predicted molar refractivity (Wildman–Crippen MR) is 134 cm³/mol. The topological polar surface area (TPSA) is 66.5 Å². The highest BCUT2D eigenvalue weighted by Crippen LogP contribution is 2.33. The molecule has 0 aliphatic carbocycles. The summed E-state index contributed by atoms with van der Waals surface area (Å²) in [6.45, 7) is 3.62. The second-order valence-corrected chi connectivity index (χ2v) is 9.76. The molecule has 0 bridgehead atoms. The Morgan fingerprint density at radius 1 is 0.939 bits per heavy atom. The van der Waals surface area contributed by atoms with Gasteiger partial charge in [0.25, 0.3) is 11.1 Å². The molecule has 0 saturated carbocycles. The van der Waals surface area contributed by atoms with E-state index in [0.717, 1.165) is 37.6 Å². The van der Waals surface area contributed by atoms with Crippen LogP contribution in [0.3, 0.4) is 0 Å². The van der Waals surface area contributed by atoms with Crippen molar-refractivity contribution in [3.05, 3.63) is 94.4 Å². The van der Waals surface area contributed by atoms with Crippen LogP contribution in [-0.2, 0) is 9.59 Å². The lowest BCUT2D eigenvalue weighted by Gasteiger charge is -2.13. The standard InChI is InChI=1S/C26H22N2O3S2/c1-17-7-11-20(12-8-17)32-21-13-9-19(10-14-21)15-23-25(30)28(26(31)33-23)16-24(29)27-22-6-4-3-5-18(22)2/h3-15H,16H2,1-2H3,(H,27,29)/b23-15-. The zero-order valence-electron chi connectivity index (χ0n) is 18.2. The third kappa shape index (κ3) is 5.74. The van der Waals surface area contributed by atoms with Crippen LogP contribution in [0, 0.1) is 13.8 Å². The molecule has 1 N–H and O–H groups in total. The Morgan fingerprint density at radius 3 is 2.24 bits per heavy atom. The van der Waals surface area contributed by atoms with Crippen LogP contribution in [0.5, 0.6) is 0 Å². The lowest BCUT2D eigenvalue weighted by molar-refractivity contribution is -0.127. The minimum atomic E-state index is -0.456. The number of rotatable bonds is 6. The molecule has 5 nitrogen and oxygen atoms in total. The van der Waals surface area contributed by atoms with Crippen molar-refractivity contribution >= 4 is 52.3 Å². The first kappa shape index (κ1) is 22.9. The Kier molecular flexibility index (Phi) is 7.01. The van der Waals surface area contributed by atoms with E-state index in [1.165, 1.54) is 5.56 Å². The smallest absolute Gasteiger partial charge is 0.294 e. The van der Waals surface area contributed by atoms with Crippen LogP contribution in [0.25, 0.3) is 6.08 Å². The van der Waals surface area contributed by atoms with Gasteiger partial charge in [-0.15, -0.1) is 0 Å². The summed E-state index contributed by atoms with van der Waals surface area (Å²) in [6, 6.07) is 23.5. The number of carbonyl (C=O) groups excluding carboxylic acids is 3. The van der Waals surface area contributed by atoms with Crippen molar-refractivity contribution in [3.8, 4) is 0 Å². The van der Waals surface area contributed by atoms with E-state index >= 15 is 0 Å². The maximum Gasteiger partial charge on any atom is 0.294 e. The Morgan fingerprint density at radius 2 is 1.58 bits per heavy atom. The number of benzene rings is 3. The number of nitrogens with one attached hydrogen (secondary N) is 1. The van der Waals surface area contributed by atoms with Crippen LogP contribution in [0.15, 0.2) is 87.5 Å². The molecule has 0 spiro atoms. The summed E-state index contributed by atoms with van der Waals surface area (Å²) in [5.41, 5.74) is 3.60. The van der Waals surface area contributed by atoms with Crippen LogP contribution < -0.4 is 5.32 Å². The Hall–Kier alpha value is -3.29. The molecule has 33 heavy (non-hydrogen) atoms. The molecular weight excluding hydrogens is 452 g/mol. The Labute approximate surface area is 201 Å². The average molecular weight is 475 g/mol. The minimum absolute atomic E-state index is 0.308. The third-order valence-electron chi connectivity index (χ3n) is 5.03. The number of amides is 3. The van der Waals surface area contributed by atoms with E-state index in [9.17, 15) is 14.4 Å². The van der Waals surface area contributed by atoms with E-state index < -0.39 is 17.1 Å². The van der Waals surface area contributed by atoms with Gasteiger partial charge in [-0.25, -0.2) is 0 Å². The molecule has 0 aromatic heterocycles. The highest BCUT2D eigenvalue weighted by Gasteiger charge is 2.36. The number of aryl methyl sites for hydroxylation is 2. The second-order valence-electron chi connectivity index (χ2n) is 7.62. The van der Waals surface area contributed by atoms with Gasteiger partial charge in [0.05, 0.1) is 4.91 Å². The molecule has 3 aromatic carbocycles. The van der Waals surface area contributed by atoms with Crippen molar-refractivity contribution in [2.75, 3.05) is 11.9 Å². The number of para-hydroxylation sites is 1. The quantitative estimate of drug-likeness (QED) is 0.435. The van der Waals surface area contributed by atoms with Gasteiger partial charge >= 0.3 is 0 Å². The molecule has 1 heterocycles. The zero-order chi connectivity index (χ0) is 23.4. The number of carbonyl (C=O) groups is 3. The molecule has 166 valence electrons. The fourth-order valence-corrected chi connectivity index (χ4v) is 4.86. The van der Waals surface area contributed by atoms with Gasteiger partial charge in [-0.2, -0.15) is 0 Å². The Bertz CT molecular complexity index is 1240. The van der Waals surface area contributed by atoms with E-state index in [4.69, 9.17) is 0 Å².